The van der Waals surface area contributed by atoms with Crippen LogP contribution in [0.4, 0.5) is 8.78 Å². The first kappa shape index (κ1) is 24.3. The minimum atomic E-state index is -0.558. The van der Waals surface area contributed by atoms with E-state index in [9.17, 15) is 8.78 Å². The fourth-order valence-electron chi connectivity index (χ4n) is 3.22. The van der Waals surface area contributed by atoms with Gasteiger partial charge in [-0.3, -0.25) is 4.99 Å². The molecule has 164 valence electrons. The van der Waals surface area contributed by atoms with Crippen molar-refractivity contribution in [3.8, 4) is 11.3 Å². The average Bonchev–Trinajstić information content (AvgIpc) is 3.26. The highest BCUT2D eigenvalue weighted by Gasteiger charge is 2.24. The van der Waals surface area contributed by atoms with Gasteiger partial charge in [0.25, 0.3) is 0 Å². The van der Waals surface area contributed by atoms with Crippen LogP contribution in [-0.4, -0.2) is 15.9 Å². The van der Waals surface area contributed by atoms with Crippen molar-refractivity contribution < 1.29 is 8.78 Å². The summed E-state index contributed by atoms with van der Waals surface area (Å²) in [4.78, 5) is 4.57. The number of rotatable bonds is 3. The van der Waals surface area contributed by atoms with E-state index in [-0.39, 0.29) is 11.6 Å². The largest absolute Gasteiger partial charge is 0.281 e. The summed E-state index contributed by atoms with van der Waals surface area (Å²) in [6, 6.07) is 15.6. The van der Waals surface area contributed by atoms with E-state index in [0.717, 1.165) is 28.9 Å². The van der Waals surface area contributed by atoms with Crippen LogP contribution in [-0.2, 0) is 0 Å². The normalized spacial score (nSPS) is 14.7. The van der Waals surface area contributed by atoms with Gasteiger partial charge in [0.05, 0.1) is 23.0 Å². The third kappa shape index (κ3) is 6.27. The minimum absolute atomic E-state index is 0.00144. The smallest absolute Gasteiger partial charge is 0.135 e. The van der Waals surface area contributed by atoms with Crippen molar-refractivity contribution in [3.63, 3.8) is 0 Å². The van der Waals surface area contributed by atoms with Gasteiger partial charge in [-0.15, -0.1) is 0 Å². The summed E-state index contributed by atoms with van der Waals surface area (Å²) in [5.41, 5.74) is 4.19. The van der Waals surface area contributed by atoms with Crippen LogP contribution in [0.3, 0.4) is 0 Å². The lowest BCUT2D eigenvalue weighted by molar-refractivity contribution is 0.578. The SMILES string of the molecule is CC.CCC.Cc1ccc(-c2ccc(C3CCC(c4c(F)cccc4F)=N3)cc2)nn1. The molecule has 0 N–H and O–H groups in total. The molecular formula is C26H31F2N3. The van der Waals surface area contributed by atoms with Crippen LogP contribution in [0.1, 0.15) is 69.8 Å². The van der Waals surface area contributed by atoms with Gasteiger partial charge in [0, 0.05) is 11.3 Å². The first-order valence-corrected chi connectivity index (χ1v) is 10.9. The van der Waals surface area contributed by atoms with E-state index in [0.29, 0.717) is 12.1 Å². The van der Waals surface area contributed by atoms with Gasteiger partial charge in [-0.2, -0.15) is 10.2 Å². The zero-order valence-electron chi connectivity index (χ0n) is 19.0. The summed E-state index contributed by atoms with van der Waals surface area (Å²) in [5, 5.41) is 8.26. The Morgan fingerprint density at radius 2 is 1.48 bits per heavy atom. The van der Waals surface area contributed by atoms with Gasteiger partial charge in [0.15, 0.2) is 0 Å². The predicted molar refractivity (Wildman–Crippen MR) is 124 cm³/mol. The zero-order valence-corrected chi connectivity index (χ0v) is 19.0. The van der Waals surface area contributed by atoms with Crippen molar-refractivity contribution in [1.29, 1.82) is 0 Å². The van der Waals surface area contributed by atoms with E-state index < -0.39 is 11.6 Å². The molecule has 0 aliphatic carbocycles. The molecule has 1 aromatic heterocycles. The third-order valence-corrected chi connectivity index (χ3v) is 4.61. The molecule has 31 heavy (non-hydrogen) atoms. The molecule has 1 aliphatic rings. The quantitative estimate of drug-likeness (QED) is 0.437. The number of halogens is 2. The van der Waals surface area contributed by atoms with Crippen LogP contribution in [0.2, 0.25) is 0 Å². The van der Waals surface area contributed by atoms with Crippen molar-refractivity contribution >= 4 is 5.71 Å². The highest BCUT2D eigenvalue weighted by atomic mass is 19.1. The number of hydrogen-bond acceptors (Lipinski definition) is 3. The molecule has 0 saturated heterocycles. The Kier molecular flexibility index (Phi) is 9.44. The first-order valence-electron chi connectivity index (χ1n) is 10.9. The maximum Gasteiger partial charge on any atom is 0.135 e. The lowest BCUT2D eigenvalue weighted by Crippen LogP contribution is -2.03. The molecule has 5 heteroatoms. The third-order valence-electron chi connectivity index (χ3n) is 4.61. The highest BCUT2D eigenvalue weighted by molar-refractivity contribution is 6.02. The molecule has 0 amide bonds. The Labute approximate surface area is 184 Å². The molecule has 4 rings (SSSR count). The van der Waals surface area contributed by atoms with E-state index in [1.54, 1.807) is 0 Å². The number of nitrogens with zero attached hydrogens (tertiary/aromatic N) is 3. The summed E-state index contributed by atoms with van der Waals surface area (Å²) in [6.45, 7) is 10.1. The molecule has 2 aromatic carbocycles. The van der Waals surface area contributed by atoms with Gasteiger partial charge in [0.2, 0.25) is 0 Å². The molecule has 0 spiro atoms. The van der Waals surface area contributed by atoms with Crippen LogP contribution in [0.5, 0.6) is 0 Å². The number of hydrogen-bond donors (Lipinski definition) is 0. The molecule has 3 aromatic rings. The molecule has 2 heterocycles. The standard InChI is InChI=1S/C21H17F2N3.C3H8.C2H6/c1-13-5-10-19(26-25-13)15-8-6-14(7-9-15)18-11-12-20(24-18)21-16(22)3-2-4-17(21)23;1-3-2;1-2/h2-10,18H,11-12H2,1H3;3H2,1-2H3;1-2H3. The maximum absolute atomic E-state index is 14.0. The van der Waals surface area contributed by atoms with E-state index in [4.69, 9.17) is 0 Å². The summed E-state index contributed by atoms with van der Waals surface area (Å²) < 4.78 is 27.9. The Bertz CT molecular complexity index is 960. The zero-order chi connectivity index (χ0) is 22.8. The Morgan fingerprint density at radius 3 is 2.03 bits per heavy atom. The fourth-order valence-corrected chi connectivity index (χ4v) is 3.22. The predicted octanol–water partition coefficient (Wildman–Crippen LogP) is 7.50. The summed E-state index contributed by atoms with van der Waals surface area (Å²) in [6.07, 6.45) is 2.56. The number of aliphatic imine (C=N–C) groups is 1. The summed E-state index contributed by atoms with van der Waals surface area (Å²) in [5.74, 6) is -1.12. The van der Waals surface area contributed by atoms with E-state index in [2.05, 4.69) is 29.0 Å². The Hall–Kier alpha value is -2.95. The van der Waals surface area contributed by atoms with Crippen molar-refractivity contribution in [1.82, 2.24) is 10.2 Å². The van der Waals surface area contributed by atoms with Crippen molar-refractivity contribution in [2.45, 2.75) is 59.9 Å². The average molecular weight is 424 g/mol. The molecule has 0 bridgehead atoms. The lowest BCUT2D eigenvalue weighted by atomic mass is 10.0. The number of benzene rings is 2. The van der Waals surface area contributed by atoms with Crippen LogP contribution in [0, 0.1) is 18.6 Å². The van der Waals surface area contributed by atoms with Gasteiger partial charge in [0.1, 0.15) is 11.6 Å². The van der Waals surface area contributed by atoms with E-state index >= 15 is 0 Å². The second-order valence-corrected chi connectivity index (χ2v) is 7.12. The maximum atomic E-state index is 14.0. The van der Waals surface area contributed by atoms with Crippen molar-refractivity contribution in [3.05, 3.63) is 83.1 Å². The van der Waals surface area contributed by atoms with E-state index in [1.165, 1.54) is 24.6 Å². The second kappa shape index (κ2) is 12.0. The Balaban J connectivity index is 0.000000630. The molecule has 1 unspecified atom stereocenters. The van der Waals surface area contributed by atoms with Gasteiger partial charge in [-0.05, 0) is 49.6 Å². The lowest BCUT2D eigenvalue weighted by Gasteiger charge is -2.08. The molecule has 3 nitrogen and oxygen atoms in total. The first-order chi connectivity index (χ1) is 15.0. The summed E-state index contributed by atoms with van der Waals surface area (Å²) in [7, 11) is 0. The van der Waals surface area contributed by atoms with Crippen molar-refractivity contribution in [2.75, 3.05) is 0 Å². The van der Waals surface area contributed by atoms with Gasteiger partial charge >= 0.3 is 0 Å². The van der Waals surface area contributed by atoms with Crippen molar-refractivity contribution in [2.24, 2.45) is 4.99 Å². The highest BCUT2D eigenvalue weighted by Crippen LogP contribution is 2.33. The molecule has 1 atom stereocenters. The van der Waals surface area contributed by atoms with Crippen LogP contribution < -0.4 is 0 Å². The molecule has 1 aliphatic heterocycles. The van der Waals surface area contributed by atoms with Crippen LogP contribution in [0.15, 0.2) is 59.6 Å². The minimum Gasteiger partial charge on any atom is -0.281 e. The van der Waals surface area contributed by atoms with Gasteiger partial charge in [-0.1, -0.05) is 64.4 Å². The van der Waals surface area contributed by atoms with Crippen LogP contribution >= 0.6 is 0 Å². The molecule has 0 saturated carbocycles. The van der Waals surface area contributed by atoms with Gasteiger partial charge < -0.3 is 0 Å². The number of aromatic nitrogens is 2. The van der Waals surface area contributed by atoms with Crippen LogP contribution in [0.25, 0.3) is 11.3 Å². The molecular weight excluding hydrogens is 392 g/mol. The Morgan fingerprint density at radius 1 is 0.871 bits per heavy atom. The topological polar surface area (TPSA) is 38.1 Å². The molecule has 0 fully saturated rings. The number of aryl methyl sites for hydroxylation is 1. The summed E-state index contributed by atoms with van der Waals surface area (Å²) >= 11 is 0. The second-order valence-electron chi connectivity index (χ2n) is 7.12. The fraction of sp³-hybridized carbons (Fsp3) is 0.346. The van der Waals surface area contributed by atoms with E-state index in [1.807, 2.05) is 57.2 Å². The molecule has 0 radical (unpaired) electrons. The monoisotopic (exact) mass is 423 g/mol. The van der Waals surface area contributed by atoms with Gasteiger partial charge in [-0.25, -0.2) is 8.78 Å².